The Morgan fingerprint density at radius 3 is 2.95 bits per heavy atom. The Morgan fingerprint density at radius 1 is 1.40 bits per heavy atom. The van der Waals surface area contributed by atoms with Crippen molar-refractivity contribution in [1.82, 2.24) is 5.32 Å². The van der Waals surface area contributed by atoms with Gasteiger partial charge in [0.2, 0.25) is 0 Å². The summed E-state index contributed by atoms with van der Waals surface area (Å²) in [7, 11) is 0. The first-order valence-corrected chi connectivity index (χ1v) is 7.71. The molecule has 20 heavy (non-hydrogen) atoms. The molecule has 0 aliphatic carbocycles. The molecule has 2 N–H and O–H groups in total. The van der Waals surface area contributed by atoms with E-state index in [1.165, 1.54) is 4.88 Å². The summed E-state index contributed by atoms with van der Waals surface area (Å²) in [5.74, 6) is 0.726. The number of aliphatic hydroxyl groups is 1. The Labute approximate surface area is 128 Å². The Kier molecular flexibility index (Phi) is 5.86. The molecular weight excluding hydrogens is 294 g/mol. The van der Waals surface area contributed by atoms with E-state index in [1.54, 1.807) is 23.5 Å². The first-order valence-electron chi connectivity index (χ1n) is 6.45. The van der Waals surface area contributed by atoms with Gasteiger partial charge >= 0.3 is 0 Å². The number of ether oxygens (including phenoxy) is 1. The SMILES string of the molecule is Cc1cc(OCC(O)CNCc2cccs2)ccc1Cl. The van der Waals surface area contributed by atoms with E-state index in [1.807, 2.05) is 24.4 Å². The maximum Gasteiger partial charge on any atom is 0.119 e. The molecule has 1 aromatic heterocycles. The minimum Gasteiger partial charge on any atom is -0.491 e. The van der Waals surface area contributed by atoms with Crippen molar-refractivity contribution in [2.45, 2.75) is 19.6 Å². The minimum absolute atomic E-state index is 0.262. The van der Waals surface area contributed by atoms with E-state index in [0.29, 0.717) is 6.54 Å². The first kappa shape index (κ1) is 15.3. The van der Waals surface area contributed by atoms with Crippen LogP contribution in [0.2, 0.25) is 5.02 Å². The molecule has 1 aromatic carbocycles. The summed E-state index contributed by atoms with van der Waals surface area (Å²) in [6.45, 7) is 3.46. The summed E-state index contributed by atoms with van der Waals surface area (Å²) in [5.41, 5.74) is 0.967. The molecule has 0 bridgehead atoms. The molecule has 2 aromatic rings. The predicted molar refractivity (Wildman–Crippen MR) is 83.7 cm³/mol. The van der Waals surface area contributed by atoms with E-state index >= 15 is 0 Å². The molecule has 0 amide bonds. The van der Waals surface area contributed by atoms with Crippen molar-refractivity contribution in [3.05, 3.63) is 51.2 Å². The number of aryl methyl sites for hydroxylation is 1. The maximum absolute atomic E-state index is 9.85. The normalized spacial score (nSPS) is 12.3. The van der Waals surface area contributed by atoms with Gasteiger partial charge < -0.3 is 15.2 Å². The van der Waals surface area contributed by atoms with E-state index in [9.17, 15) is 5.11 Å². The number of benzene rings is 1. The van der Waals surface area contributed by atoms with Gasteiger partial charge in [-0.2, -0.15) is 0 Å². The van der Waals surface area contributed by atoms with Crippen LogP contribution in [0.1, 0.15) is 10.4 Å². The van der Waals surface area contributed by atoms with Crippen molar-refractivity contribution in [3.63, 3.8) is 0 Å². The van der Waals surface area contributed by atoms with Crippen LogP contribution < -0.4 is 10.1 Å². The molecule has 3 nitrogen and oxygen atoms in total. The van der Waals surface area contributed by atoms with E-state index in [2.05, 4.69) is 11.4 Å². The summed E-state index contributed by atoms with van der Waals surface area (Å²) in [6.07, 6.45) is -0.536. The van der Waals surface area contributed by atoms with Gasteiger partial charge in [-0.15, -0.1) is 11.3 Å². The number of rotatable bonds is 7. The largest absolute Gasteiger partial charge is 0.491 e. The van der Waals surface area contributed by atoms with Gasteiger partial charge in [0, 0.05) is 23.0 Å². The van der Waals surface area contributed by atoms with Crippen molar-refractivity contribution < 1.29 is 9.84 Å². The maximum atomic E-state index is 9.85. The highest BCUT2D eigenvalue weighted by molar-refractivity contribution is 7.09. The second-order valence-electron chi connectivity index (χ2n) is 4.59. The van der Waals surface area contributed by atoms with Crippen LogP contribution in [0.3, 0.4) is 0 Å². The summed E-state index contributed by atoms with van der Waals surface area (Å²) in [6, 6.07) is 9.56. The molecule has 0 spiro atoms. The molecule has 1 heterocycles. The lowest BCUT2D eigenvalue weighted by Crippen LogP contribution is -2.30. The lowest BCUT2D eigenvalue weighted by molar-refractivity contribution is 0.106. The second kappa shape index (κ2) is 7.64. The fraction of sp³-hybridized carbons (Fsp3) is 0.333. The van der Waals surface area contributed by atoms with Crippen LogP contribution in [-0.4, -0.2) is 24.4 Å². The van der Waals surface area contributed by atoms with Gasteiger partial charge in [-0.1, -0.05) is 17.7 Å². The van der Waals surface area contributed by atoms with E-state index in [0.717, 1.165) is 22.9 Å². The van der Waals surface area contributed by atoms with Gasteiger partial charge in [0.15, 0.2) is 0 Å². The fourth-order valence-corrected chi connectivity index (χ4v) is 2.53. The van der Waals surface area contributed by atoms with Gasteiger partial charge in [-0.25, -0.2) is 0 Å². The summed E-state index contributed by atoms with van der Waals surface area (Å²) in [5, 5.41) is 15.8. The van der Waals surface area contributed by atoms with Gasteiger partial charge in [-0.05, 0) is 42.1 Å². The molecule has 0 fully saturated rings. The average Bonchev–Trinajstić information content (AvgIpc) is 2.93. The molecule has 2 rings (SSSR count). The molecule has 0 saturated heterocycles. The Balaban J connectivity index is 1.69. The van der Waals surface area contributed by atoms with Crippen LogP contribution in [0.25, 0.3) is 0 Å². The molecule has 108 valence electrons. The van der Waals surface area contributed by atoms with Gasteiger partial charge in [0.25, 0.3) is 0 Å². The number of aliphatic hydroxyl groups excluding tert-OH is 1. The molecule has 5 heteroatoms. The van der Waals surface area contributed by atoms with Crippen molar-refractivity contribution in [2.24, 2.45) is 0 Å². The molecule has 0 aliphatic heterocycles. The Morgan fingerprint density at radius 2 is 2.25 bits per heavy atom. The summed E-state index contributed by atoms with van der Waals surface area (Å²) >= 11 is 7.65. The van der Waals surface area contributed by atoms with Gasteiger partial charge in [-0.3, -0.25) is 0 Å². The van der Waals surface area contributed by atoms with Crippen LogP contribution in [0.5, 0.6) is 5.75 Å². The minimum atomic E-state index is -0.536. The highest BCUT2D eigenvalue weighted by Gasteiger charge is 2.06. The first-order chi connectivity index (χ1) is 9.65. The fourth-order valence-electron chi connectivity index (χ4n) is 1.73. The Hall–Kier alpha value is -1.07. The molecule has 1 atom stereocenters. The highest BCUT2D eigenvalue weighted by atomic mass is 35.5. The molecule has 0 aliphatic rings. The third-order valence-electron chi connectivity index (χ3n) is 2.83. The van der Waals surface area contributed by atoms with Crippen LogP contribution in [0.4, 0.5) is 0 Å². The Bertz CT molecular complexity index is 531. The predicted octanol–water partition coefficient (Wildman–Crippen LogP) is 3.24. The number of thiophene rings is 1. The van der Waals surface area contributed by atoms with E-state index in [-0.39, 0.29) is 6.61 Å². The quantitative estimate of drug-likeness (QED) is 0.825. The van der Waals surface area contributed by atoms with Crippen molar-refractivity contribution in [1.29, 1.82) is 0 Å². The zero-order valence-corrected chi connectivity index (χ0v) is 12.9. The lowest BCUT2D eigenvalue weighted by Gasteiger charge is -2.13. The number of halogens is 1. The summed E-state index contributed by atoms with van der Waals surface area (Å²) in [4.78, 5) is 1.26. The number of hydrogen-bond acceptors (Lipinski definition) is 4. The van der Waals surface area contributed by atoms with Crippen LogP contribution in [0.15, 0.2) is 35.7 Å². The standard InChI is InChI=1S/C15H18ClNO2S/c1-11-7-13(4-5-15(11)16)19-10-12(18)8-17-9-14-3-2-6-20-14/h2-7,12,17-18H,8-10H2,1H3. The number of nitrogens with one attached hydrogen (secondary N) is 1. The highest BCUT2D eigenvalue weighted by Crippen LogP contribution is 2.21. The zero-order valence-electron chi connectivity index (χ0n) is 11.3. The van der Waals surface area contributed by atoms with Crippen LogP contribution >= 0.6 is 22.9 Å². The smallest absolute Gasteiger partial charge is 0.119 e. The van der Waals surface area contributed by atoms with Crippen molar-refractivity contribution in [3.8, 4) is 5.75 Å². The van der Waals surface area contributed by atoms with Gasteiger partial charge in [0.05, 0.1) is 0 Å². The molecular formula is C15H18ClNO2S. The monoisotopic (exact) mass is 311 g/mol. The lowest BCUT2D eigenvalue weighted by atomic mass is 10.2. The van der Waals surface area contributed by atoms with Crippen LogP contribution in [0, 0.1) is 6.92 Å². The van der Waals surface area contributed by atoms with Crippen LogP contribution in [-0.2, 0) is 6.54 Å². The third-order valence-corrected chi connectivity index (χ3v) is 4.13. The van der Waals surface area contributed by atoms with E-state index < -0.39 is 6.10 Å². The summed E-state index contributed by atoms with van der Waals surface area (Å²) < 4.78 is 5.55. The molecule has 1 unspecified atom stereocenters. The zero-order chi connectivity index (χ0) is 14.4. The third kappa shape index (κ3) is 4.80. The second-order valence-corrected chi connectivity index (χ2v) is 6.03. The topological polar surface area (TPSA) is 41.5 Å². The van der Waals surface area contributed by atoms with Crippen molar-refractivity contribution in [2.75, 3.05) is 13.2 Å². The molecule has 0 radical (unpaired) electrons. The average molecular weight is 312 g/mol. The number of hydrogen-bond donors (Lipinski definition) is 2. The van der Waals surface area contributed by atoms with E-state index in [4.69, 9.17) is 16.3 Å². The van der Waals surface area contributed by atoms with Gasteiger partial charge in [0.1, 0.15) is 18.5 Å². The van der Waals surface area contributed by atoms with Crippen molar-refractivity contribution >= 4 is 22.9 Å². The molecule has 0 saturated carbocycles.